The van der Waals surface area contributed by atoms with E-state index in [4.69, 9.17) is 4.74 Å². The molecule has 1 aromatic rings. The monoisotopic (exact) mass is 237 g/mol. The molecule has 5 nitrogen and oxygen atoms in total. The van der Waals surface area contributed by atoms with Crippen molar-refractivity contribution in [3.05, 3.63) is 24.3 Å². The summed E-state index contributed by atoms with van der Waals surface area (Å²) < 4.78 is 9.64. The van der Waals surface area contributed by atoms with Gasteiger partial charge in [-0.2, -0.15) is 0 Å². The van der Waals surface area contributed by atoms with Crippen molar-refractivity contribution in [1.82, 2.24) is 0 Å². The van der Waals surface area contributed by atoms with Crippen molar-refractivity contribution in [2.75, 3.05) is 25.7 Å². The van der Waals surface area contributed by atoms with Gasteiger partial charge in [-0.05, 0) is 31.2 Å². The normalized spacial score (nSPS) is 9.59. The Hall–Kier alpha value is -2.04. The molecule has 0 heterocycles. The molecule has 0 saturated carbocycles. The van der Waals surface area contributed by atoms with Gasteiger partial charge < -0.3 is 14.4 Å². The molecule has 1 aromatic carbocycles. The molecule has 0 saturated heterocycles. The third-order valence-corrected chi connectivity index (χ3v) is 2.21. The van der Waals surface area contributed by atoms with Gasteiger partial charge >= 0.3 is 11.9 Å². The Labute approximate surface area is 99.9 Å². The highest BCUT2D eigenvalue weighted by molar-refractivity contribution is 6.37. The lowest BCUT2D eigenvalue weighted by atomic mass is 10.3. The van der Waals surface area contributed by atoms with Crippen LogP contribution in [-0.2, 0) is 14.3 Å². The van der Waals surface area contributed by atoms with Crippen LogP contribution in [0.25, 0.3) is 0 Å². The number of carbonyl (C=O) groups is 2. The lowest BCUT2D eigenvalue weighted by molar-refractivity contribution is -0.153. The second-order valence-corrected chi connectivity index (χ2v) is 3.28. The third kappa shape index (κ3) is 3.21. The molecule has 1 amide bonds. The summed E-state index contributed by atoms with van der Waals surface area (Å²) in [5.41, 5.74) is 0.601. The molecule has 5 heteroatoms. The van der Waals surface area contributed by atoms with Crippen molar-refractivity contribution in [2.45, 2.75) is 6.92 Å². The van der Waals surface area contributed by atoms with Crippen LogP contribution in [0.2, 0.25) is 0 Å². The number of benzene rings is 1. The molecule has 0 N–H and O–H groups in total. The zero-order valence-corrected chi connectivity index (χ0v) is 10.1. The number of ether oxygens (including phenoxy) is 2. The average molecular weight is 237 g/mol. The van der Waals surface area contributed by atoms with Crippen molar-refractivity contribution in [3.8, 4) is 5.75 Å². The number of amides is 1. The molecule has 0 radical (unpaired) electrons. The first-order valence-corrected chi connectivity index (χ1v) is 5.19. The van der Waals surface area contributed by atoms with Gasteiger partial charge in [0.05, 0.1) is 13.7 Å². The Kier molecular flexibility index (Phi) is 4.51. The summed E-state index contributed by atoms with van der Waals surface area (Å²) in [6.07, 6.45) is 0. The number of nitrogens with zero attached hydrogens (tertiary/aromatic N) is 1. The maximum Gasteiger partial charge on any atom is 0.397 e. The second-order valence-electron chi connectivity index (χ2n) is 3.28. The summed E-state index contributed by atoms with van der Waals surface area (Å²) in [6, 6.07) is 6.81. The molecule has 0 bridgehead atoms. The number of anilines is 1. The molecule has 0 aliphatic rings. The van der Waals surface area contributed by atoms with Crippen LogP contribution in [0, 0.1) is 0 Å². The summed E-state index contributed by atoms with van der Waals surface area (Å²) >= 11 is 0. The number of hydrogen-bond donors (Lipinski definition) is 0. The van der Waals surface area contributed by atoms with E-state index in [1.54, 1.807) is 38.3 Å². The van der Waals surface area contributed by atoms with E-state index in [0.29, 0.717) is 11.4 Å². The van der Waals surface area contributed by atoms with E-state index in [9.17, 15) is 9.59 Å². The fourth-order valence-corrected chi connectivity index (χ4v) is 1.25. The molecule has 0 atom stereocenters. The van der Waals surface area contributed by atoms with Gasteiger partial charge in [0, 0.05) is 12.7 Å². The number of carbonyl (C=O) groups excluding carboxylic acids is 2. The molecule has 92 valence electrons. The standard InChI is InChI=1S/C12H15NO4/c1-4-17-12(15)11(14)13(2)9-5-7-10(16-3)8-6-9/h5-8H,4H2,1-3H3. The summed E-state index contributed by atoms with van der Waals surface area (Å²) in [6.45, 7) is 1.83. The predicted octanol–water partition coefficient (Wildman–Crippen LogP) is 1.22. The van der Waals surface area contributed by atoms with Crippen LogP contribution in [0.3, 0.4) is 0 Å². The number of esters is 1. The minimum Gasteiger partial charge on any atom is -0.497 e. The molecule has 0 aliphatic heterocycles. The van der Waals surface area contributed by atoms with E-state index in [1.807, 2.05) is 0 Å². The SMILES string of the molecule is CCOC(=O)C(=O)N(C)c1ccc(OC)cc1. The maximum atomic E-state index is 11.6. The predicted molar refractivity (Wildman–Crippen MR) is 63.0 cm³/mol. The molecule has 0 fully saturated rings. The first kappa shape index (κ1) is 13.0. The minimum atomic E-state index is -0.856. The Balaban J connectivity index is 2.77. The van der Waals surface area contributed by atoms with Crippen LogP contribution in [0.15, 0.2) is 24.3 Å². The second kappa shape index (κ2) is 5.89. The van der Waals surface area contributed by atoms with Crippen LogP contribution in [-0.4, -0.2) is 32.6 Å². The molecule has 17 heavy (non-hydrogen) atoms. The zero-order valence-electron chi connectivity index (χ0n) is 10.1. The molecule has 0 unspecified atom stereocenters. The van der Waals surface area contributed by atoms with Gasteiger partial charge in [-0.15, -0.1) is 0 Å². The fourth-order valence-electron chi connectivity index (χ4n) is 1.25. The van der Waals surface area contributed by atoms with Gasteiger partial charge in [-0.1, -0.05) is 0 Å². The van der Waals surface area contributed by atoms with Crippen molar-refractivity contribution in [1.29, 1.82) is 0 Å². The number of hydrogen-bond acceptors (Lipinski definition) is 4. The van der Waals surface area contributed by atoms with Crippen LogP contribution in [0.5, 0.6) is 5.75 Å². The third-order valence-electron chi connectivity index (χ3n) is 2.21. The smallest absolute Gasteiger partial charge is 0.397 e. The lowest BCUT2D eigenvalue weighted by Gasteiger charge is -2.16. The number of rotatable bonds is 3. The highest BCUT2D eigenvalue weighted by atomic mass is 16.5. The summed E-state index contributed by atoms with van der Waals surface area (Å²) in [5, 5.41) is 0. The van der Waals surface area contributed by atoms with Gasteiger partial charge in [0.25, 0.3) is 0 Å². The Morgan fingerprint density at radius 2 is 1.82 bits per heavy atom. The first-order valence-electron chi connectivity index (χ1n) is 5.19. The molecular weight excluding hydrogens is 222 g/mol. The van der Waals surface area contributed by atoms with Crippen LogP contribution in [0.1, 0.15) is 6.92 Å². The summed E-state index contributed by atoms with van der Waals surface area (Å²) in [5.74, 6) is -0.867. The highest BCUT2D eigenvalue weighted by Gasteiger charge is 2.20. The van der Waals surface area contributed by atoms with E-state index < -0.39 is 11.9 Å². The van der Waals surface area contributed by atoms with Crippen molar-refractivity contribution < 1.29 is 19.1 Å². The van der Waals surface area contributed by atoms with Gasteiger partial charge in [-0.3, -0.25) is 4.79 Å². The quantitative estimate of drug-likeness (QED) is 0.586. The van der Waals surface area contributed by atoms with Crippen LogP contribution >= 0.6 is 0 Å². The largest absolute Gasteiger partial charge is 0.497 e. The van der Waals surface area contributed by atoms with E-state index in [1.165, 1.54) is 11.9 Å². The van der Waals surface area contributed by atoms with Gasteiger partial charge in [0.1, 0.15) is 5.75 Å². The van der Waals surface area contributed by atoms with E-state index >= 15 is 0 Å². The first-order chi connectivity index (χ1) is 8.10. The molecule has 0 aromatic heterocycles. The maximum absolute atomic E-state index is 11.6. The van der Waals surface area contributed by atoms with Crippen molar-refractivity contribution in [3.63, 3.8) is 0 Å². The zero-order chi connectivity index (χ0) is 12.8. The topological polar surface area (TPSA) is 55.8 Å². The van der Waals surface area contributed by atoms with Crippen molar-refractivity contribution >= 4 is 17.6 Å². The van der Waals surface area contributed by atoms with Gasteiger partial charge in [0.2, 0.25) is 0 Å². The molecule has 1 rings (SSSR count). The molecule has 0 aliphatic carbocycles. The van der Waals surface area contributed by atoms with Gasteiger partial charge in [0.15, 0.2) is 0 Å². The lowest BCUT2D eigenvalue weighted by Crippen LogP contribution is -2.34. The Morgan fingerprint density at radius 1 is 1.24 bits per heavy atom. The molecular formula is C12H15NO4. The average Bonchev–Trinajstić information content (AvgIpc) is 2.37. The number of likely N-dealkylation sites (N-methyl/N-ethyl adjacent to an activating group) is 1. The van der Waals surface area contributed by atoms with Crippen LogP contribution < -0.4 is 9.64 Å². The van der Waals surface area contributed by atoms with E-state index in [-0.39, 0.29) is 6.61 Å². The van der Waals surface area contributed by atoms with Gasteiger partial charge in [-0.25, -0.2) is 4.79 Å². The van der Waals surface area contributed by atoms with E-state index in [2.05, 4.69) is 4.74 Å². The summed E-state index contributed by atoms with van der Waals surface area (Å²) in [7, 11) is 3.07. The fraction of sp³-hybridized carbons (Fsp3) is 0.333. The highest BCUT2D eigenvalue weighted by Crippen LogP contribution is 2.18. The van der Waals surface area contributed by atoms with Crippen LogP contribution in [0.4, 0.5) is 5.69 Å². The van der Waals surface area contributed by atoms with Crippen molar-refractivity contribution in [2.24, 2.45) is 0 Å². The molecule has 0 spiro atoms. The Morgan fingerprint density at radius 3 is 2.29 bits per heavy atom. The number of methoxy groups -OCH3 is 1. The Bertz CT molecular complexity index is 399. The minimum absolute atomic E-state index is 0.182. The summed E-state index contributed by atoms with van der Waals surface area (Å²) in [4.78, 5) is 24.1. The van der Waals surface area contributed by atoms with E-state index in [0.717, 1.165) is 0 Å².